The lowest BCUT2D eigenvalue weighted by atomic mass is 10.1. The van der Waals surface area contributed by atoms with Crippen molar-refractivity contribution in [3.63, 3.8) is 0 Å². The highest BCUT2D eigenvalue weighted by Crippen LogP contribution is 2.36. The van der Waals surface area contributed by atoms with Crippen molar-refractivity contribution in [2.45, 2.75) is 33.2 Å². The number of ether oxygens (including phenoxy) is 1. The van der Waals surface area contributed by atoms with Gasteiger partial charge in [0, 0.05) is 15.6 Å². The Morgan fingerprint density at radius 2 is 2.17 bits per heavy atom. The number of benzene rings is 1. The lowest BCUT2D eigenvalue weighted by molar-refractivity contribution is 0.415. The van der Waals surface area contributed by atoms with Crippen molar-refractivity contribution in [2.24, 2.45) is 0 Å². The summed E-state index contributed by atoms with van der Waals surface area (Å²) in [5, 5.41) is 4.91. The van der Waals surface area contributed by atoms with Gasteiger partial charge in [0.05, 0.1) is 7.11 Å². The second-order valence-corrected chi connectivity index (χ2v) is 5.71. The van der Waals surface area contributed by atoms with E-state index in [1.165, 1.54) is 26.9 Å². The molecule has 1 heterocycles. The molecule has 0 saturated carbocycles. The van der Waals surface area contributed by atoms with Gasteiger partial charge in [0.25, 0.3) is 0 Å². The van der Waals surface area contributed by atoms with E-state index in [-0.39, 0.29) is 0 Å². The van der Waals surface area contributed by atoms with Crippen LogP contribution in [-0.4, -0.2) is 13.7 Å². The summed E-state index contributed by atoms with van der Waals surface area (Å²) in [6, 6.07) is 6.75. The molecule has 98 valence electrons. The van der Waals surface area contributed by atoms with Crippen LogP contribution in [0.2, 0.25) is 0 Å². The van der Waals surface area contributed by atoms with Gasteiger partial charge in [0.1, 0.15) is 5.75 Å². The summed E-state index contributed by atoms with van der Waals surface area (Å²) >= 11 is 1.87. The van der Waals surface area contributed by atoms with Gasteiger partial charge in [-0.1, -0.05) is 6.92 Å². The zero-order valence-electron chi connectivity index (χ0n) is 11.5. The van der Waals surface area contributed by atoms with E-state index in [0.29, 0.717) is 6.04 Å². The molecule has 18 heavy (non-hydrogen) atoms. The predicted molar refractivity (Wildman–Crippen MR) is 79.8 cm³/mol. The van der Waals surface area contributed by atoms with E-state index < -0.39 is 0 Å². The lowest BCUT2D eigenvalue weighted by Crippen LogP contribution is -2.18. The maximum absolute atomic E-state index is 5.29. The van der Waals surface area contributed by atoms with E-state index in [4.69, 9.17) is 4.74 Å². The highest BCUT2D eigenvalue weighted by Gasteiger charge is 2.14. The highest BCUT2D eigenvalue weighted by atomic mass is 32.1. The molecule has 0 bridgehead atoms. The van der Waals surface area contributed by atoms with Crippen molar-refractivity contribution < 1.29 is 4.74 Å². The molecule has 0 aliphatic rings. The first kappa shape index (κ1) is 13.4. The minimum Gasteiger partial charge on any atom is -0.497 e. The van der Waals surface area contributed by atoms with E-state index in [1.807, 2.05) is 17.4 Å². The Kier molecular flexibility index (Phi) is 4.25. The molecule has 0 amide bonds. The number of fused-ring (bicyclic) bond motifs is 1. The van der Waals surface area contributed by atoms with Crippen LogP contribution in [0, 0.1) is 6.92 Å². The van der Waals surface area contributed by atoms with Crippen molar-refractivity contribution >= 4 is 21.4 Å². The van der Waals surface area contributed by atoms with Crippen molar-refractivity contribution in [3.8, 4) is 5.75 Å². The van der Waals surface area contributed by atoms with Crippen molar-refractivity contribution in [3.05, 3.63) is 28.6 Å². The molecular weight excluding hydrogens is 242 g/mol. The zero-order valence-corrected chi connectivity index (χ0v) is 12.4. The van der Waals surface area contributed by atoms with Gasteiger partial charge in [-0.15, -0.1) is 11.3 Å². The summed E-state index contributed by atoms with van der Waals surface area (Å²) in [5.41, 5.74) is 1.40. The summed E-state index contributed by atoms with van der Waals surface area (Å²) < 4.78 is 6.60. The molecule has 0 radical (unpaired) electrons. The minimum atomic E-state index is 0.424. The molecule has 0 fully saturated rings. The SMILES string of the molecule is CCCNC(C)c1sc2cc(OC)ccc2c1C. The van der Waals surface area contributed by atoms with E-state index in [0.717, 1.165) is 12.3 Å². The first-order valence-corrected chi connectivity index (χ1v) is 7.29. The van der Waals surface area contributed by atoms with Crippen molar-refractivity contribution in [1.82, 2.24) is 5.32 Å². The third-order valence-electron chi connectivity index (χ3n) is 3.28. The fourth-order valence-corrected chi connectivity index (χ4v) is 3.48. The number of methoxy groups -OCH3 is 1. The van der Waals surface area contributed by atoms with Crippen LogP contribution in [0.4, 0.5) is 0 Å². The molecular formula is C15H21NOS. The van der Waals surface area contributed by atoms with E-state index in [2.05, 4.69) is 38.2 Å². The quantitative estimate of drug-likeness (QED) is 0.869. The first-order valence-electron chi connectivity index (χ1n) is 6.47. The maximum atomic E-state index is 5.29. The highest BCUT2D eigenvalue weighted by molar-refractivity contribution is 7.19. The Labute approximate surface area is 113 Å². The number of thiophene rings is 1. The number of aryl methyl sites for hydroxylation is 1. The fraction of sp³-hybridized carbons (Fsp3) is 0.467. The average Bonchev–Trinajstić information content (AvgIpc) is 2.72. The maximum Gasteiger partial charge on any atom is 0.120 e. The topological polar surface area (TPSA) is 21.3 Å². The Balaban J connectivity index is 2.37. The van der Waals surface area contributed by atoms with Crippen LogP contribution in [-0.2, 0) is 0 Å². The Hall–Kier alpha value is -1.06. The molecule has 1 atom stereocenters. The molecule has 0 aliphatic carbocycles. The number of rotatable bonds is 5. The number of hydrogen-bond acceptors (Lipinski definition) is 3. The van der Waals surface area contributed by atoms with E-state index >= 15 is 0 Å². The first-order chi connectivity index (χ1) is 8.67. The van der Waals surface area contributed by atoms with Crippen LogP contribution in [0.25, 0.3) is 10.1 Å². The van der Waals surface area contributed by atoms with Gasteiger partial charge < -0.3 is 10.1 Å². The van der Waals surface area contributed by atoms with E-state index in [9.17, 15) is 0 Å². The summed E-state index contributed by atoms with van der Waals surface area (Å²) in [6.07, 6.45) is 1.17. The van der Waals surface area contributed by atoms with Crippen LogP contribution in [0.15, 0.2) is 18.2 Å². The summed E-state index contributed by atoms with van der Waals surface area (Å²) in [7, 11) is 1.72. The second-order valence-electron chi connectivity index (χ2n) is 4.63. The van der Waals surface area contributed by atoms with Gasteiger partial charge in [0.2, 0.25) is 0 Å². The summed E-state index contributed by atoms with van der Waals surface area (Å²) in [6.45, 7) is 7.72. The van der Waals surface area contributed by atoms with Gasteiger partial charge in [-0.25, -0.2) is 0 Å². The van der Waals surface area contributed by atoms with Crippen LogP contribution in [0.3, 0.4) is 0 Å². The third kappa shape index (κ3) is 2.52. The van der Waals surface area contributed by atoms with Crippen molar-refractivity contribution in [1.29, 1.82) is 0 Å². The zero-order chi connectivity index (χ0) is 13.1. The normalized spacial score (nSPS) is 12.9. The van der Waals surface area contributed by atoms with Crippen LogP contribution in [0.1, 0.15) is 36.8 Å². The molecule has 2 nitrogen and oxygen atoms in total. The van der Waals surface area contributed by atoms with Crippen LogP contribution < -0.4 is 10.1 Å². The molecule has 1 unspecified atom stereocenters. The molecule has 1 N–H and O–H groups in total. The summed E-state index contributed by atoms with van der Waals surface area (Å²) in [5.74, 6) is 0.935. The number of nitrogens with one attached hydrogen (secondary N) is 1. The van der Waals surface area contributed by atoms with Gasteiger partial charge in [-0.05, 0) is 56.0 Å². The molecule has 1 aromatic carbocycles. The molecule has 3 heteroatoms. The summed E-state index contributed by atoms with van der Waals surface area (Å²) in [4.78, 5) is 1.44. The molecule has 2 rings (SSSR count). The van der Waals surface area contributed by atoms with Gasteiger partial charge in [-0.2, -0.15) is 0 Å². The molecule has 1 aromatic heterocycles. The van der Waals surface area contributed by atoms with E-state index in [1.54, 1.807) is 7.11 Å². The van der Waals surface area contributed by atoms with Crippen LogP contribution in [0.5, 0.6) is 5.75 Å². The molecule has 0 spiro atoms. The minimum absolute atomic E-state index is 0.424. The standard InChI is InChI=1S/C15H21NOS/c1-5-8-16-11(3)15-10(2)13-7-6-12(17-4)9-14(13)18-15/h6-7,9,11,16H,5,8H2,1-4H3. The Bertz CT molecular complexity index is 533. The molecule has 2 aromatic rings. The average molecular weight is 263 g/mol. The predicted octanol–water partition coefficient (Wildman–Crippen LogP) is 4.28. The molecule has 0 saturated heterocycles. The smallest absolute Gasteiger partial charge is 0.120 e. The van der Waals surface area contributed by atoms with Crippen molar-refractivity contribution in [2.75, 3.05) is 13.7 Å². The Morgan fingerprint density at radius 1 is 1.39 bits per heavy atom. The van der Waals surface area contributed by atoms with Gasteiger partial charge in [-0.3, -0.25) is 0 Å². The largest absolute Gasteiger partial charge is 0.497 e. The Morgan fingerprint density at radius 3 is 2.83 bits per heavy atom. The van der Waals surface area contributed by atoms with Gasteiger partial charge >= 0.3 is 0 Å². The second kappa shape index (κ2) is 5.72. The van der Waals surface area contributed by atoms with Gasteiger partial charge in [0.15, 0.2) is 0 Å². The monoisotopic (exact) mass is 263 g/mol. The van der Waals surface area contributed by atoms with Crippen LogP contribution >= 0.6 is 11.3 Å². The fourth-order valence-electron chi connectivity index (χ4n) is 2.22. The molecule has 0 aliphatic heterocycles. The number of hydrogen-bond donors (Lipinski definition) is 1. The lowest BCUT2D eigenvalue weighted by Gasteiger charge is -2.12. The third-order valence-corrected chi connectivity index (χ3v) is 4.71.